The monoisotopic (exact) mass is 367 g/mol. The van der Waals surface area contributed by atoms with E-state index in [1.165, 1.54) is 0 Å². The zero-order valence-electron chi connectivity index (χ0n) is 10.1. The van der Waals surface area contributed by atoms with Gasteiger partial charge in [0.25, 0.3) is 0 Å². The van der Waals surface area contributed by atoms with Crippen LogP contribution in [0, 0.1) is 0 Å². The number of benzene rings is 2. The van der Waals surface area contributed by atoms with Gasteiger partial charge in [-0.25, -0.2) is 9.97 Å². The largest absolute Gasteiger partial charge is 0.383 e. The van der Waals surface area contributed by atoms with Gasteiger partial charge in [0.2, 0.25) is 0 Å². The van der Waals surface area contributed by atoms with Crippen molar-refractivity contribution in [3.63, 3.8) is 0 Å². The first-order valence-electron chi connectivity index (χ1n) is 5.73. The molecule has 3 nitrogen and oxygen atoms in total. The van der Waals surface area contributed by atoms with Gasteiger partial charge in [0.15, 0.2) is 5.82 Å². The molecule has 3 rings (SSSR count). The summed E-state index contributed by atoms with van der Waals surface area (Å²) < 4.78 is 0.928. The van der Waals surface area contributed by atoms with E-state index in [1.54, 1.807) is 18.2 Å². The summed E-state index contributed by atoms with van der Waals surface area (Å²) in [5.41, 5.74) is 7.47. The van der Waals surface area contributed by atoms with E-state index in [0.717, 1.165) is 15.4 Å². The fourth-order valence-electron chi connectivity index (χ4n) is 1.92. The van der Waals surface area contributed by atoms with Gasteiger partial charge in [0, 0.05) is 20.4 Å². The minimum atomic E-state index is 0.414. The number of nitrogens with zero attached hydrogens (tertiary/aromatic N) is 2. The van der Waals surface area contributed by atoms with E-state index in [9.17, 15) is 0 Å². The Hall–Kier alpha value is -1.36. The molecule has 1 heterocycles. The Balaban J connectivity index is 2.24. The molecule has 6 heteroatoms. The van der Waals surface area contributed by atoms with Gasteiger partial charge in [0.1, 0.15) is 5.82 Å². The molecule has 0 bridgehead atoms. The van der Waals surface area contributed by atoms with Gasteiger partial charge in [-0.3, -0.25) is 0 Å². The van der Waals surface area contributed by atoms with E-state index in [1.807, 2.05) is 18.2 Å². The van der Waals surface area contributed by atoms with Gasteiger partial charge in [-0.05, 0) is 36.4 Å². The smallest absolute Gasteiger partial charge is 0.163 e. The third-order valence-electron chi connectivity index (χ3n) is 2.86. The minimum Gasteiger partial charge on any atom is -0.383 e. The number of nitrogen functional groups attached to an aromatic ring is 1. The molecule has 2 N–H and O–H groups in total. The van der Waals surface area contributed by atoms with Crippen LogP contribution in [-0.4, -0.2) is 9.97 Å². The summed E-state index contributed by atoms with van der Waals surface area (Å²) in [4.78, 5) is 8.82. The van der Waals surface area contributed by atoms with Gasteiger partial charge in [-0.15, -0.1) is 0 Å². The van der Waals surface area contributed by atoms with Crippen LogP contribution in [0.1, 0.15) is 0 Å². The van der Waals surface area contributed by atoms with Crippen LogP contribution >= 0.6 is 39.1 Å². The molecule has 1 aromatic heterocycles. The number of nitrogens with two attached hydrogens (primary N) is 1. The molecule has 100 valence electrons. The lowest BCUT2D eigenvalue weighted by atomic mass is 10.2. The van der Waals surface area contributed by atoms with Crippen molar-refractivity contribution in [2.75, 3.05) is 5.73 Å². The summed E-state index contributed by atoms with van der Waals surface area (Å²) >= 11 is 15.5. The highest BCUT2D eigenvalue weighted by Gasteiger charge is 2.11. The van der Waals surface area contributed by atoms with Crippen molar-refractivity contribution in [3.05, 3.63) is 50.9 Å². The molecule has 0 radical (unpaired) electrons. The topological polar surface area (TPSA) is 51.8 Å². The lowest BCUT2D eigenvalue weighted by molar-refractivity contribution is 1.23. The number of hydrogen-bond donors (Lipinski definition) is 1. The second kappa shape index (κ2) is 5.20. The number of hydrogen-bond acceptors (Lipinski definition) is 3. The maximum Gasteiger partial charge on any atom is 0.163 e. The van der Waals surface area contributed by atoms with Crippen molar-refractivity contribution >= 4 is 55.9 Å². The highest BCUT2D eigenvalue weighted by Crippen LogP contribution is 2.31. The SMILES string of the molecule is Nc1nc(-c2ccc(Cl)cc2Cl)nc2ccc(Br)cc12. The normalized spacial score (nSPS) is 10.9. The molecule has 20 heavy (non-hydrogen) atoms. The molecule has 0 fully saturated rings. The van der Waals surface area contributed by atoms with E-state index in [4.69, 9.17) is 28.9 Å². The van der Waals surface area contributed by atoms with Crippen molar-refractivity contribution in [2.24, 2.45) is 0 Å². The Kier molecular flexibility index (Phi) is 3.54. The maximum absolute atomic E-state index is 6.18. The fraction of sp³-hybridized carbons (Fsp3) is 0. The van der Waals surface area contributed by atoms with E-state index >= 15 is 0 Å². The molecule has 0 unspecified atom stereocenters. The van der Waals surface area contributed by atoms with Crippen molar-refractivity contribution in [3.8, 4) is 11.4 Å². The summed E-state index contributed by atoms with van der Waals surface area (Å²) in [7, 11) is 0. The predicted molar refractivity (Wildman–Crippen MR) is 87.1 cm³/mol. The van der Waals surface area contributed by atoms with Crippen LogP contribution < -0.4 is 5.73 Å². The Morgan fingerprint density at radius 2 is 1.80 bits per heavy atom. The van der Waals surface area contributed by atoms with Gasteiger partial charge in [0.05, 0.1) is 10.5 Å². The number of rotatable bonds is 1. The Bertz CT molecular complexity index is 821. The van der Waals surface area contributed by atoms with Crippen LogP contribution in [0.2, 0.25) is 10.0 Å². The molecule has 3 aromatic rings. The van der Waals surface area contributed by atoms with E-state index < -0.39 is 0 Å². The van der Waals surface area contributed by atoms with Crippen molar-refractivity contribution in [1.29, 1.82) is 0 Å². The predicted octanol–water partition coefficient (Wildman–Crippen LogP) is 4.95. The maximum atomic E-state index is 6.18. The van der Waals surface area contributed by atoms with Crippen LogP contribution in [0.15, 0.2) is 40.9 Å². The van der Waals surface area contributed by atoms with E-state index in [2.05, 4.69) is 25.9 Å². The Labute approximate surface area is 133 Å². The van der Waals surface area contributed by atoms with Gasteiger partial charge in [-0.2, -0.15) is 0 Å². The average molecular weight is 369 g/mol. The standard InChI is InChI=1S/C14H8BrCl2N3/c15-7-1-4-12-10(5-7)13(18)20-14(19-12)9-3-2-8(16)6-11(9)17/h1-6H,(H2,18,19,20). The zero-order chi connectivity index (χ0) is 14.3. The van der Waals surface area contributed by atoms with Crippen molar-refractivity contribution < 1.29 is 0 Å². The minimum absolute atomic E-state index is 0.414. The molecule has 0 amide bonds. The lowest BCUT2D eigenvalue weighted by Crippen LogP contribution is -1.98. The Morgan fingerprint density at radius 3 is 2.55 bits per heavy atom. The molecule has 0 aliphatic carbocycles. The van der Waals surface area contributed by atoms with E-state index in [-0.39, 0.29) is 0 Å². The van der Waals surface area contributed by atoms with E-state index in [0.29, 0.717) is 27.3 Å². The Morgan fingerprint density at radius 1 is 1.00 bits per heavy atom. The molecular formula is C14H8BrCl2N3. The highest BCUT2D eigenvalue weighted by molar-refractivity contribution is 9.10. The quantitative estimate of drug-likeness (QED) is 0.661. The molecule has 2 aromatic carbocycles. The first-order chi connectivity index (χ1) is 9.54. The molecule has 0 saturated heterocycles. The van der Waals surface area contributed by atoms with Crippen LogP contribution in [-0.2, 0) is 0 Å². The van der Waals surface area contributed by atoms with Crippen LogP contribution in [0.25, 0.3) is 22.3 Å². The molecule has 0 aliphatic heterocycles. The molecular weight excluding hydrogens is 361 g/mol. The van der Waals surface area contributed by atoms with Gasteiger partial charge in [-0.1, -0.05) is 39.1 Å². The number of halogens is 3. The highest BCUT2D eigenvalue weighted by atomic mass is 79.9. The van der Waals surface area contributed by atoms with Crippen LogP contribution in [0.4, 0.5) is 5.82 Å². The summed E-state index contributed by atoms with van der Waals surface area (Å²) in [6, 6.07) is 10.9. The van der Waals surface area contributed by atoms with Crippen molar-refractivity contribution in [1.82, 2.24) is 9.97 Å². The van der Waals surface area contributed by atoms with Crippen molar-refractivity contribution in [2.45, 2.75) is 0 Å². The van der Waals surface area contributed by atoms with Gasteiger partial charge >= 0.3 is 0 Å². The molecule has 0 atom stereocenters. The molecule has 0 saturated carbocycles. The summed E-state index contributed by atoms with van der Waals surface area (Å²) in [5, 5.41) is 1.86. The fourth-order valence-corrected chi connectivity index (χ4v) is 2.77. The van der Waals surface area contributed by atoms with Crippen LogP contribution in [0.3, 0.4) is 0 Å². The van der Waals surface area contributed by atoms with Crippen LogP contribution in [0.5, 0.6) is 0 Å². The first-order valence-corrected chi connectivity index (χ1v) is 7.28. The third kappa shape index (κ3) is 2.46. The average Bonchev–Trinajstić information content (AvgIpc) is 2.39. The zero-order valence-corrected chi connectivity index (χ0v) is 13.2. The summed E-state index contributed by atoms with van der Waals surface area (Å²) in [6.45, 7) is 0. The third-order valence-corrected chi connectivity index (χ3v) is 3.90. The van der Waals surface area contributed by atoms with Gasteiger partial charge < -0.3 is 5.73 Å². The summed E-state index contributed by atoms with van der Waals surface area (Å²) in [6.07, 6.45) is 0. The molecule has 0 aliphatic rings. The molecule has 0 spiro atoms. The lowest BCUT2D eigenvalue weighted by Gasteiger charge is -2.07. The number of anilines is 1. The number of aromatic nitrogens is 2. The number of fused-ring (bicyclic) bond motifs is 1. The second-order valence-corrected chi connectivity index (χ2v) is 5.98. The second-order valence-electron chi connectivity index (χ2n) is 4.22. The summed E-state index contributed by atoms with van der Waals surface area (Å²) in [5.74, 6) is 0.899. The first kappa shape index (κ1) is 13.6.